The van der Waals surface area contributed by atoms with Crippen LogP contribution in [0.1, 0.15) is 43.5 Å². The lowest BCUT2D eigenvalue weighted by Gasteiger charge is -2.31. The summed E-state index contributed by atoms with van der Waals surface area (Å²) in [7, 11) is 0. The lowest BCUT2D eigenvalue weighted by molar-refractivity contribution is -0.794. The maximum Gasteiger partial charge on any atom is 0.521 e. The minimum Gasteiger partial charge on any atom is -0.435 e. The number of carboxylic acid groups (broad SMARTS) is 1. The molecule has 0 aromatic heterocycles. The van der Waals surface area contributed by atoms with Crippen molar-refractivity contribution in [1.29, 1.82) is 0 Å². The van der Waals surface area contributed by atoms with Crippen molar-refractivity contribution in [2.75, 3.05) is 6.54 Å². The second kappa shape index (κ2) is 7.00. The summed E-state index contributed by atoms with van der Waals surface area (Å²) in [5.74, 6) is -1.13. The smallest absolute Gasteiger partial charge is 0.435 e. The highest BCUT2D eigenvalue weighted by atomic mass is 16.4. The summed E-state index contributed by atoms with van der Waals surface area (Å²) in [6.45, 7) is 3.78. The number of benzene rings is 2. The van der Waals surface area contributed by atoms with Gasteiger partial charge >= 0.3 is 12.0 Å². The molecular formula is C21H24NO4+. The summed E-state index contributed by atoms with van der Waals surface area (Å²) in [5, 5.41) is 11.5. The number of carbonyl (C=O) groups excluding carboxylic acids is 2. The fraction of sp³-hybridized carbons (Fsp3) is 0.381. The van der Waals surface area contributed by atoms with Crippen LogP contribution in [0.2, 0.25) is 0 Å². The van der Waals surface area contributed by atoms with Crippen LogP contribution in [0.4, 0.5) is 4.79 Å². The minimum absolute atomic E-state index is 0.0207. The van der Waals surface area contributed by atoms with E-state index in [0.717, 1.165) is 10.8 Å². The van der Waals surface area contributed by atoms with Gasteiger partial charge in [-0.05, 0) is 24.6 Å². The topological polar surface area (TPSA) is 71.4 Å². The predicted octanol–water partition coefficient (Wildman–Crippen LogP) is 4.25. The highest BCUT2D eigenvalue weighted by molar-refractivity contribution is 6.09. The van der Waals surface area contributed by atoms with Gasteiger partial charge in [-0.15, -0.1) is 0 Å². The zero-order valence-corrected chi connectivity index (χ0v) is 15.1. The van der Waals surface area contributed by atoms with Crippen molar-refractivity contribution < 1.29 is 24.0 Å². The summed E-state index contributed by atoms with van der Waals surface area (Å²) in [5.41, 5.74) is 0.582. The molecule has 0 spiro atoms. The Morgan fingerprint density at radius 3 is 2.50 bits per heavy atom. The Morgan fingerprint density at radius 1 is 1.15 bits per heavy atom. The van der Waals surface area contributed by atoms with E-state index >= 15 is 0 Å². The van der Waals surface area contributed by atoms with Gasteiger partial charge in [0.15, 0.2) is 5.78 Å². The van der Waals surface area contributed by atoms with Gasteiger partial charge in [-0.2, -0.15) is 9.28 Å². The predicted molar refractivity (Wildman–Crippen MR) is 98.9 cm³/mol. The average Bonchev–Trinajstić information content (AvgIpc) is 3.02. The molecule has 2 aromatic carbocycles. The maximum absolute atomic E-state index is 13.0. The van der Waals surface area contributed by atoms with Crippen LogP contribution >= 0.6 is 0 Å². The largest absolute Gasteiger partial charge is 0.521 e. The molecule has 1 aliphatic rings. The number of likely N-dealkylation sites (tertiary alicyclic amines) is 1. The molecule has 5 heteroatoms. The normalized spacial score (nSPS) is 23.7. The Balaban J connectivity index is 1.85. The molecule has 3 rings (SSSR count). The fourth-order valence-electron chi connectivity index (χ4n) is 4.12. The molecular weight excluding hydrogens is 330 g/mol. The van der Waals surface area contributed by atoms with Crippen LogP contribution in [0.3, 0.4) is 0 Å². The lowest BCUT2D eigenvalue weighted by Crippen LogP contribution is -2.60. The van der Waals surface area contributed by atoms with Crippen molar-refractivity contribution in [1.82, 2.24) is 0 Å². The molecule has 2 unspecified atom stereocenters. The highest BCUT2D eigenvalue weighted by Crippen LogP contribution is 2.31. The number of rotatable bonds is 4. The van der Waals surface area contributed by atoms with E-state index in [9.17, 15) is 19.5 Å². The molecule has 136 valence electrons. The van der Waals surface area contributed by atoms with E-state index in [0.29, 0.717) is 24.9 Å². The molecule has 1 N–H and O–H groups in total. The highest BCUT2D eigenvalue weighted by Gasteiger charge is 2.54. The van der Waals surface area contributed by atoms with Gasteiger partial charge in [-0.3, -0.25) is 4.79 Å². The van der Waals surface area contributed by atoms with Crippen LogP contribution in [0.15, 0.2) is 42.5 Å². The summed E-state index contributed by atoms with van der Waals surface area (Å²) < 4.78 is -0.552. The second-order valence-corrected chi connectivity index (χ2v) is 7.26. The molecule has 1 fully saturated rings. The molecule has 5 nitrogen and oxygen atoms in total. The Bertz CT molecular complexity index is 870. The number of fused-ring (bicyclic) bond motifs is 1. The average molecular weight is 354 g/mol. The quantitative estimate of drug-likeness (QED) is 0.658. The van der Waals surface area contributed by atoms with E-state index in [1.54, 1.807) is 19.9 Å². The molecule has 1 saturated heterocycles. The monoisotopic (exact) mass is 354 g/mol. The first kappa shape index (κ1) is 18.3. The third-order valence-electron chi connectivity index (χ3n) is 5.62. The minimum atomic E-state index is -1.11. The number of Topliss-reactive ketones (excluding diaryl/α,β-unsaturated/α-hetero) is 1. The van der Waals surface area contributed by atoms with Gasteiger partial charge in [0.2, 0.25) is 0 Å². The van der Waals surface area contributed by atoms with E-state index in [1.165, 1.54) is 0 Å². The van der Waals surface area contributed by atoms with Gasteiger partial charge in [0.25, 0.3) is 0 Å². The number of quaternary nitrogens is 1. The van der Waals surface area contributed by atoms with Crippen molar-refractivity contribution in [2.24, 2.45) is 5.92 Å². The summed E-state index contributed by atoms with van der Waals surface area (Å²) >= 11 is 0. The van der Waals surface area contributed by atoms with Crippen molar-refractivity contribution in [3.8, 4) is 0 Å². The Labute approximate surface area is 152 Å². The van der Waals surface area contributed by atoms with Crippen molar-refractivity contribution in [3.63, 3.8) is 0 Å². The van der Waals surface area contributed by atoms with Crippen LogP contribution in [0.25, 0.3) is 10.8 Å². The van der Waals surface area contributed by atoms with Gasteiger partial charge in [0.05, 0.1) is 12.5 Å². The molecule has 26 heavy (non-hydrogen) atoms. The molecule has 0 bridgehead atoms. The Hall–Kier alpha value is -2.53. The van der Waals surface area contributed by atoms with Crippen LogP contribution in [0, 0.1) is 5.92 Å². The first-order valence-electron chi connectivity index (χ1n) is 9.04. The summed E-state index contributed by atoms with van der Waals surface area (Å²) in [4.78, 5) is 37.7. The van der Waals surface area contributed by atoms with Gasteiger partial charge in [-0.1, -0.05) is 42.5 Å². The number of ketones is 1. The number of nitrogens with zero attached hydrogens (tertiary/aromatic N) is 1. The number of carbonyl (C=O) groups is 3. The number of imide groups is 1. The molecule has 1 aliphatic heterocycles. The maximum atomic E-state index is 13.0. The first-order chi connectivity index (χ1) is 12.4. The number of hydrogen-bond acceptors (Lipinski definition) is 3. The van der Waals surface area contributed by atoms with Gasteiger partial charge in [-0.25, -0.2) is 4.79 Å². The fourth-order valence-corrected chi connectivity index (χ4v) is 4.12. The molecule has 0 saturated carbocycles. The SMILES string of the molecule is CC(CC(=O)c1cccc2ccccc12)C(=O)[N+]1(C(=O)O)CCC[C@H]1C. The van der Waals surface area contributed by atoms with Crippen LogP contribution in [-0.4, -0.2) is 40.0 Å². The van der Waals surface area contributed by atoms with E-state index in [4.69, 9.17) is 0 Å². The van der Waals surface area contributed by atoms with Crippen LogP contribution in [0.5, 0.6) is 0 Å². The first-order valence-corrected chi connectivity index (χ1v) is 9.04. The van der Waals surface area contributed by atoms with Crippen LogP contribution in [-0.2, 0) is 4.79 Å². The van der Waals surface area contributed by atoms with Gasteiger partial charge in [0, 0.05) is 24.8 Å². The Morgan fingerprint density at radius 2 is 1.85 bits per heavy atom. The molecule has 0 aliphatic carbocycles. The molecule has 1 heterocycles. The van der Waals surface area contributed by atoms with Crippen molar-refractivity contribution in [2.45, 2.75) is 39.2 Å². The third-order valence-corrected chi connectivity index (χ3v) is 5.62. The molecule has 2 aromatic rings. The number of amides is 2. The third kappa shape index (κ3) is 2.92. The van der Waals surface area contributed by atoms with Gasteiger partial charge < -0.3 is 5.11 Å². The van der Waals surface area contributed by atoms with E-state index in [-0.39, 0.29) is 24.2 Å². The molecule has 0 radical (unpaired) electrons. The number of hydrogen-bond donors (Lipinski definition) is 1. The van der Waals surface area contributed by atoms with E-state index in [2.05, 4.69) is 0 Å². The van der Waals surface area contributed by atoms with Gasteiger partial charge in [0.1, 0.15) is 6.04 Å². The Kier molecular flexibility index (Phi) is 4.92. The standard InChI is InChI=1S/C21H23NO4/c1-14(20(24)22(21(25)26)12-6-7-15(22)2)13-19(23)18-11-5-9-16-8-3-4-10-17(16)18/h3-5,8-11,14-15H,6-7,12-13H2,1-2H3/p+1/t14?,15-,22?/m1/s1. The van der Waals surface area contributed by atoms with Crippen molar-refractivity contribution >= 4 is 28.6 Å². The lowest BCUT2D eigenvalue weighted by atomic mass is 9.94. The van der Waals surface area contributed by atoms with Crippen LogP contribution < -0.4 is 0 Å². The van der Waals surface area contributed by atoms with Crippen molar-refractivity contribution in [3.05, 3.63) is 48.0 Å². The summed E-state index contributed by atoms with van der Waals surface area (Å²) in [6, 6.07) is 12.9. The second-order valence-electron chi connectivity index (χ2n) is 7.26. The van der Waals surface area contributed by atoms with E-state index in [1.807, 2.05) is 36.4 Å². The zero-order chi connectivity index (χ0) is 18.9. The zero-order valence-electron chi connectivity index (χ0n) is 15.1. The van der Waals surface area contributed by atoms with E-state index < -0.39 is 16.5 Å². The summed E-state index contributed by atoms with van der Waals surface area (Å²) in [6.07, 6.45) is 0.336. The molecule has 3 atom stereocenters. The molecule has 2 amide bonds.